The van der Waals surface area contributed by atoms with Gasteiger partial charge in [-0.15, -0.1) is 0 Å². The molecule has 0 fully saturated rings. The van der Waals surface area contributed by atoms with Gasteiger partial charge in [0.1, 0.15) is 7.05 Å². The molecule has 0 aliphatic carbocycles. The lowest BCUT2D eigenvalue weighted by Gasteiger charge is -2.03. The molecule has 0 aliphatic heterocycles. The van der Waals surface area contributed by atoms with Crippen LogP contribution in [0.25, 0.3) is 10.8 Å². The number of hydrogen-bond donors (Lipinski definition) is 1. The molecular formula is C13H14NO2+. The van der Waals surface area contributed by atoms with Crippen molar-refractivity contribution >= 4 is 16.7 Å². The molecule has 1 aromatic carbocycles. The quantitative estimate of drug-likeness (QED) is 0.793. The van der Waals surface area contributed by atoms with E-state index in [2.05, 4.69) is 0 Å². The summed E-state index contributed by atoms with van der Waals surface area (Å²) in [7, 11) is 1.95. The van der Waals surface area contributed by atoms with E-state index in [0.29, 0.717) is 6.42 Å². The van der Waals surface area contributed by atoms with Gasteiger partial charge in [-0.05, 0) is 11.5 Å². The van der Waals surface area contributed by atoms with E-state index in [1.807, 2.05) is 48.1 Å². The van der Waals surface area contributed by atoms with Crippen molar-refractivity contribution < 1.29 is 14.5 Å². The predicted molar refractivity (Wildman–Crippen MR) is 61.1 cm³/mol. The largest absolute Gasteiger partial charge is 0.481 e. The zero-order chi connectivity index (χ0) is 11.5. The summed E-state index contributed by atoms with van der Waals surface area (Å²) in [5, 5.41) is 11.0. The number of carboxylic acid groups (broad SMARTS) is 1. The molecular weight excluding hydrogens is 202 g/mol. The van der Waals surface area contributed by atoms with Gasteiger partial charge < -0.3 is 5.11 Å². The Bertz CT molecular complexity index is 534. The highest BCUT2D eigenvalue weighted by atomic mass is 16.4. The van der Waals surface area contributed by atoms with Gasteiger partial charge in [0.25, 0.3) is 0 Å². The average molecular weight is 216 g/mol. The van der Waals surface area contributed by atoms with Gasteiger partial charge in [0.2, 0.25) is 0 Å². The van der Waals surface area contributed by atoms with Crippen molar-refractivity contribution in [1.82, 2.24) is 0 Å². The van der Waals surface area contributed by atoms with Crippen LogP contribution in [0.5, 0.6) is 0 Å². The molecule has 0 bridgehead atoms. The number of rotatable bonds is 3. The van der Waals surface area contributed by atoms with Crippen molar-refractivity contribution in [3.8, 4) is 0 Å². The van der Waals surface area contributed by atoms with Gasteiger partial charge in [-0.2, -0.15) is 0 Å². The zero-order valence-corrected chi connectivity index (χ0v) is 9.18. The van der Waals surface area contributed by atoms with Crippen LogP contribution in [0, 0.1) is 0 Å². The second-order valence-corrected chi connectivity index (χ2v) is 3.85. The first-order valence-electron chi connectivity index (χ1n) is 5.26. The Morgan fingerprint density at radius 1 is 1.31 bits per heavy atom. The highest BCUT2D eigenvalue weighted by molar-refractivity contribution is 5.83. The van der Waals surface area contributed by atoms with E-state index in [1.165, 1.54) is 0 Å². The van der Waals surface area contributed by atoms with Crippen molar-refractivity contribution in [2.45, 2.75) is 12.8 Å². The van der Waals surface area contributed by atoms with Crippen LogP contribution in [0.4, 0.5) is 0 Å². The topological polar surface area (TPSA) is 41.2 Å². The van der Waals surface area contributed by atoms with E-state index in [1.54, 1.807) is 0 Å². The second kappa shape index (κ2) is 4.31. The molecule has 1 aromatic heterocycles. The molecule has 82 valence electrons. The molecule has 3 nitrogen and oxygen atoms in total. The van der Waals surface area contributed by atoms with E-state index in [9.17, 15) is 4.79 Å². The molecule has 0 radical (unpaired) electrons. The molecule has 2 aromatic rings. The van der Waals surface area contributed by atoms with Gasteiger partial charge in [0.15, 0.2) is 11.9 Å². The van der Waals surface area contributed by atoms with Gasteiger partial charge in [0, 0.05) is 17.9 Å². The maximum Gasteiger partial charge on any atom is 0.303 e. The van der Waals surface area contributed by atoms with E-state index < -0.39 is 5.97 Å². The lowest BCUT2D eigenvalue weighted by atomic mass is 10.1. The van der Waals surface area contributed by atoms with E-state index in [-0.39, 0.29) is 6.42 Å². The molecule has 0 saturated carbocycles. The number of aromatic nitrogens is 1. The molecule has 2 rings (SSSR count). The summed E-state index contributed by atoms with van der Waals surface area (Å²) in [5.74, 6) is -0.757. The summed E-state index contributed by atoms with van der Waals surface area (Å²) >= 11 is 0. The van der Waals surface area contributed by atoms with Crippen LogP contribution in [0.2, 0.25) is 0 Å². The fraction of sp³-hybridized carbons (Fsp3) is 0.231. The van der Waals surface area contributed by atoms with Crippen molar-refractivity contribution in [3.05, 3.63) is 42.2 Å². The Kier molecular flexibility index (Phi) is 2.86. The number of carbonyl (C=O) groups is 1. The number of aliphatic carboxylic acids is 1. The molecule has 3 heteroatoms. The number of benzene rings is 1. The Balaban J connectivity index is 2.48. The smallest absolute Gasteiger partial charge is 0.303 e. The Hall–Kier alpha value is -1.90. The van der Waals surface area contributed by atoms with Gasteiger partial charge >= 0.3 is 5.97 Å². The molecule has 0 amide bonds. The van der Waals surface area contributed by atoms with E-state index in [0.717, 1.165) is 16.5 Å². The number of aryl methyl sites for hydroxylation is 2. The fourth-order valence-corrected chi connectivity index (χ4v) is 1.91. The van der Waals surface area contributed by atoms with Gasteiger partial charge in [-0.25, -0.2) is 4.57 Å². The van der Waals surface area contributed by atoms with Crippen LogP contribution in [-0.4, -0.2) is 11.1 Å². The lowest BCUT2D eigenvalue weighted by molar-refractivity contribution is -0.677. The van der Waals surface area contributed by atoms with Crippen LogP contribution in [-0.2, 0) is 18.3 Å². The monoisotopic (exact) mass is 216 g/mol. The Morgan fingerprint density at radius 3 is 2.81 bits per heavy atom. The molecule has 0 unspecified atom stereocenters. The average Bonchev–Trinajstić information content (AvgIpc) is 2.27. The fourth-order valence-electron chi connectivity index (χ4n) is 1.91. The van der Waals surface area contributed by atoms with Crippen LogP contribution < -0.4 is 4.57 Å². The molecule has 0 aliphatic rings. The van der Waals surface area contributed by atoms with E-state index in [4.69, 9.17) is 5.11 Å². The van der Waals surface area contributed by atoms with Crippen LogP contribution in [0.1, 0.15) is 12.1 Å². The lowest BCUT2D eigenvalue weighted by Crippen LogP contribution is -2.33. The summed E-state index contributed by atoms with van der Waals surface area (Å²) < 4.78 is 1.99. The summed E-state index contributed by atoms with van der Waals surface area (Å²) in [6, 6.07) is 10.1. The molecule has 1 N–H and O–H groups in total. The first-order valence-corrected chi connectivity index (χ1v) is 5.26. The minimum absolute atomic E-state index is 0.168. The maximum atomic E-state index is 10.6. The molecule has 0 saturated heterocycles. The predicted octanol–water partition coefficient (Wildman–Crippen LogP) is 1.68. The van der Waals surface area contributed by atoms with Crippen LogP contribution in [0.3, 0.4) is 0 Å². The second-order valence-electron chi connectivity index (χ2n) is 3.85. The van der Waals surface area contributed by atoms with Crippen molar-refractivity contribution in [2.75, 3.05) is 0 Å². The third kappa shape index (κ3) is 2.03. The molecule has 1 heterocycles. The third-order valence-corrected chi connectivity index (χ3v) is 2.75. The van der Waals surface area contributed by atoms with E-state index >= 15 is 0 Å². The summed E-state index contributed by atoms with van der Waals surface area (Å²) in [4.78, 5) is 10.6. The van der Waals surface area contributed by atoms with Crippen LogP contribution in [0.15, 0.2) is 36.5 Å². The number of pyridine rings is 1. The maximum absolute atomic E-state index is 10.6. The van der Waals surface area contributed by atoms with Gasteiger partial charge in [0.05, 0.1) is 6.42 Å². The molecule has 16 heavy (non-hydrogen) atoms. The number of fused-ring (bicyclic) bond motifs is 1. The first kappa shape index (κ1) is 10.6. The standard InChI is InChI=1S/C13H13NO2/c1-14-9-8-10-4-2-3-5-11(10)12(14)6-7-13(15)16/h2-5,8-9H,6-7H2,1H3/p+1. The summed E-state index contributed by atoms with van der Waals surface area (Å²) in [6.45, 7) is 0. The molecule has 0 atom stereocenters. The highest BCUT2D eigenvalue weighted by Gasteiger charge is 2.12. The van der Waals surface area contributed by atoms with Crippen molar-refractivity contribution in [1.29, 1.82) is 0 Å². The Morgan fingerprint density at radius 2 is 2.06 bits per heavy atom. The minimum Gasteiger partial charge on any atom is -0.481 e. The number of carboxylic acids is 1. The molecule has 0 spiro atoms. The van der Waals surface area contributed by atoms with Crippen LogP contribution >= 0.6 is 0 Å². The van der Waals surface area contributed by atoms with Gasteiger partial charge in [-0.3, -0.25) is 4.79 Å². The number of hydrogen-bond acceptors (Lipinski definition) is 1. The highest BCUT2D eigenvalue weighted by Crippen LogP contribution is 2.16. The third-order valence-electron chi connectivity index (χ3n) is 2.75. The normalized spacial score (nSPS) is 10.6. The van der Waals surface area contributed by atoms with Gasteiger partial charge in [-0.1, -0.05) is 18.2 Å². The Labute approximate surface area is 94.0 Å². The SMILES string of the molecule is C[n+]1ccc2ccccc2c1CCC(=O)O. The first-order chi connectivity index (χ1) is 7.68. The zero-order valence-electron chi connectivity index (χ0n) is 9.18. The minimum atomic E-state index is -0.757. The van der Waals surface area contributed by atoms with Crippen molar-refractivity contribution in [3.63, 3.8) is 0 Å². The number of nitrogens with zero attached hydrogens (tertiary/aromatic N) is 1. The summed E-state index contributed by atoms with van der Waals surface area (Å²) in [5.41, 5.74) is 1.07. The van der Waals surface area contributed by atoms with Crippen molar-refractivity contribution in [2.24, 2.45) is 7.05 Å². The summed E-state index contributed by atoms with van der Waals surface area (Å²) in [6.07, 6.45) is 2.70.